The molecule has 24 heavy (non-hydrogen) atoms. The minimum Gasteiger partial charge on any atom is -0.348 e. The molecule has 2 aromatic carbocycles. The van der Waals surface area contributed by atoms with Crippen LogP contribution in [-0.2, 0) is 4.79 Å². The second kappa shape index (κ2) is 7.27. The van der Waals surface area contributed by atoms with Crippen LogP contribution >= 0.6 is 0 Å². The number of nitrogens with zero attached hydrogens (tertiary/aromatic N) is 1. The molecule has 0 saturated carbocycles. The number of benzene rings is 2. The lowest BCUT2D eigenvalue weighted by molar-refractivity contribution is -0.120. The van der Waals surface area contributed by atoms with Gasteiger partial charge in [0.25, 0.3) is 5.91 Å². The normalized spacial score (nSPS) is 16.9. The predicted octanol–water partition coefficient (Wildman–Crippen LogP) is 2.24. The summed E-state index contributed by atoms with van der Waals surface area (Å²) < 4.78 is 0. The molecule has 1 unspecified atom stereocenters. The monoisotopic (exact) mass is 323 g/mol. The minimum atomic E-state index is -0.183. The smallest absolute Gasteiger partial charge is 0.258 e. The first kappa shape index (κ1) is 16.2. The van der Waals surface area contributed by atoms with Crippen LogP contribution in [0, 0.1) is 0 Å². The standard InChI is InChI=1S/C19H21N3O2/c20-13-18(23)21-16-10-6-12-22(17-11-5-4-9-15(16)17)19(24)14-7-2-1-3-8-14/h1-5,7-9,11,16H,6,10,12-13,20H2,(H,21,23). The summed E-state index contributed by atoms with van der Waals surface area (Å²) in [5.74, 6) is -0.202. The van der Waals surface area contributed by atoms with Crippen LogP contribution < -0.4 is 16.0 Å². The fraction of sp³-hybridized carbons (Fsp3) is 0.263. The molecular weight excluding hydrogens is 302 g/mol. The van der Waals surface area contributed by atoms with Gasteiger partial charge in [-0.15, -0.1) is 0 Å². The molecule has 3 N–H and O–H groups in total. The molecule has 0 saturated heterocycles. The Kier molecular flexibility index (Phi) is 4.91. The first-order valence-corrected chi connectivity index (χ1v) is 8.16. The molecule has 5 heteroatoms. The maximum Gasteiger partial charge on any atom is 0.258 e. The summed E-state index contributed by atoms with van der Waals surface area (Å²) >= 11 is 0. The van der Waals surface area contributed by atoms with E-state index < -0.39 is 0 Å². The van der Waals surface area contributed by atoms with Gasteiger partial charge in [0, 0.05) is 17.8 Å². The number of rotatable bonds is 3. The molecule has 3 rings (SSSR count). The zero-order valence-electron chi connectivity index (χ0n) is 13.4. The van der Waals surface area contributed by atoms with Crippen molar-refractivity contribution in [2.45, 2.75) is 18.9 Å². The van der Waals surface area contributed by atoms with Gasteiger partial charge in [-0.05, 0) is 36.6 Å². The highest BCUT2D eigenvalue weighted by molar-refractivity contribution is 6.06. The van der Waals surface area contributed by atoms with E-state index >= 15 is 0 Å². The molecule has 2 amide bonds. The summed E-state index contributed by atoms with van der Waals surface area (Å²) in [4.78, 5) is 26.4. The van der Waals surface area contributed by atoms with E-state index in [0.717, 1.165) is 24.1 Å². The predicted molar refractivity (Wildman–Crippen MR) is 93.7 cm³/mol. The lowest BCUT2D eigenvalue weighted by atomic mass is 10.0. The van der Waals surface area contributed by atoms with Crippen molar-refractivity contribution in [3.05, 3.63) is 65.7 Å². The topological polar surface area (TPSA) is 75.4 Å². The van der Waals surface area contributed by atoms with Crippen molar-refractivity contribution in [3.8, 4) is 0 Å². The lowest BCUT2D eigenvalue weighted by Gasteiger charge is -2.24. The van der Waals surface area contributed by atoms with Crippen molar-refractivity contribution >= 4 is 17.5 Å². The molecule has 0 spiro atoms. The van der Waals surface area contributed by atoms with E-state index in [1.165, 1.54) is 0 Å². The molecule has 0 fully saturated rings. The molecule has 2 aromatic rings. The number of hydrogen-bond donors (Lipinski definition) is 2. The highest BCUT2D eigenvalue weighted by Gasteiger charge is 2.27. The van der Waals surface area contributed by atoms with Gasteiger partial charge < -0.3 is 16.0 Å². The minimum absolute atomic E-state index is 0.0196. The molecule has 1 aliphatic heterocycles. The van der Waals surface area contributed by atoms with Crippen LogP contribution in [0.5, 0.6) is 0 Å². The van der Waals surface area contributed by atoms with Gasteiger partial charge in [0.15, 0.2) is 0 Å². The number of fused-ring (bicyclic) bond motifs is 1. The number of hydrogen-bond acceptors (Lipinski definition) is 3. The highest BCUT2D eigenvalue weighted by atomic mass is 16.2. The Morgan fingerprint density at radius 3 is 2.54 bits per heavy atom. The maximum atomic E-state index is 12.9. The van der Waals surface area contributed by atoms with Gasteiger partial charge in [-0.2, -0.15) is 0 Å². The van der Waals surface area contributed by atoms with Crippen LogP contribution in [0.4, 0.5) is 5.69 Å². The van der Waals surface area contributed by atoms with Crippen molar-refractivity contribution in [2.75, 3.05) is 18.0 Å². The van der Waals surface area contributed by atoms with E-state index in [-0.39, 0.29) is 24.4 Å². The lowest BCUT2D eigenvalue weighted by Crippen LogP contribution is -2.34. The van der Waals surface area contributed by atoms with E-state index in [9.17, 15) is 9.59 Å². The number of nitrogens with two attached hydrogens (primary N) is 1. The molecule has 0 bridgehead atoms. The fourth-order valence-electron chi connectivity index (χ4n) is 3.11. The summed E-state index contributed by atoms with van der Waals surface area (Å²) in [5, 5.41) is 2.96. The van der Waals surface area contributed by atoms with Crippen LogP contribution in [0.15, 0.2) is 54.6 Å². The van der Waals surface area contributed by atoms with Crippen molar-refractivity contribution in [3.63, 3.8) is 0 Å². The number of anilines is 1. The van der Waals surface area contributed by atoms with Gasteiger partial charge in [-0.25, -0.2) is 0 Å². The summed E-state index contributed by atoms with van der Waals surface area (Å²) in [6.07, 6.45) is 1.59. The third-order valence-corrected chi connectivity index (χ3v) is 4.26. The third-order valence-electron chi connectivity index (χ3n) is 4.26. The second-order valence-electron chi connectivity index (χ2n) is 5.85. The van der Waals surface area contributed by atoms with Crippen LogP contribution in [0.2, 0.25) is 0 Å². The van der Waals surface area contributed by atoms with Crippen molar-refractivity contribution in [1.29, 1.82) is 0 Å². The summed E-state index contributed by atoms with van der Waals surface area (Å²) in [6.45, 7) is 0.588. The fourth-order valence-corrected chi connectivity index (χ4v) is 3.11. The molecule has 1 aliphatic rings. The van der Waals surface area contributed by atoms with E-state index in [4.69, 9.17) is 5.73 Å². The molecule has 0 aromatic heterocycles. The Bertz CT molecular complexity index is 730. The Morgan fingerprint density at radius 1 is 1.08 bits per heavy atom. The molecule has 1 heterocycles. The van der Waals surface area contributed by atoms with Gasteiger partial charge in [0.2, 0.25) is 5.91 Å². The molecule has 0 radical (unpaired) electrons. The number of carbonyl (C=O) groups excluding carboxylic acids is 2. The maximum absolute atomic E-state index is 12.9. The zero-order chi connectivity index (χ0) is 16.9. The van der Waals surface area contributed by atoms with E-state index in [1.807, 2.05) is 54.6 Å². The largest absolute Gasteiger partial charge is 0.348 e. The molecule has 1 atom stereocenters. The zero-order valence-corrected chi connectivity index (χ0v) is 13.4. The average molecular weight is 323 g/mol. The first-order chi connectivity index (χ1) is 11.7. The summed E-state index contributed by atoms with van der Waals surface area (Å²) in [6, 6.07) is 16.9. The van der Waals surface area contributed by atoms with Crippen LogP contribution in [0.3, 0.4) is 0 Å². The van der Waals surface area contributed by atoms with Gasteiger partial charge in [-0.3, -0.25) is 9.59 Å². The van der Waals surface area contributed by atoms with Crippen molar-refractivity contribution in [1.82, 2.24) is 5.32 Å². The van der Waals surface area contributed by atoms with E-state index in [2.05, 4.69) is 5.32 Å². The molecule has 0 aliphatic carbocycles. The van der Waals surface area contributed by atoms with Crippen molar-refractivity contribution in [2.24, 2.45) is 5.73 Å². The van der Waals surface area contributed by atoms with Gasteiger partial charge >= 0.3 is 0 Å². The number of amides is 2. The Hall–Kier alpha value is -2.66. The van der Waals surface area contributed by atoms with Gasteiger partial charge in [-0.1, -0.05) is 36.4 Å². The van der Waals surface area contributed by atoms with E-state index in [0.29, 0.717) is 12.1 Å². The Balaban J connectivity index is 1.95. The van der Waals surface area contributed by atoms with Crippen LogP contribution in [0.25, 0.3) is 0 Å². The second-order valence-corrected chi connectivity index (χ2v) is 5.85. The third kappa shape index (κ3) is 3.31. The highest BCUT2D eigenvalue weighted by Crippen LogP contribution is 2.33. The first-order valence-electron chi connectivity index (χ1n) is 8.16. The number of para-hydroxylation sites is 1. The Labute approximate surface area is 141 Å². The SMILES string of the molecule is NCC(=O)NC1CCCN(C(=O)c2ccccc2)c2ccccc21. The summed E-state index contributed by atoms with van der Waals surface area (Å²) in [7, 11) is 0. The van der Waals surface area contributed by atoms with Crippen molar-refractivity contribution < 1.29 is 9.59 Å². The number of carbonyl (C=O) groups is 2. The summed E-state index contributed by atoms with van der Waals surface area (Å²) in [5.41, 5.74) is 7.90. The molecule has 5 nitrogen and oxygen atoms in total. The van der Waals surface area contributed by atoms with Gasteiger partial charge in [0.05, 0.1) is 12.6 Å². The quantitative estimate of drug-likeness (QED) is 0.909. The van der Waals surface area contributed by atoms with E-state index in [1.54, 1.807) is 4.90 Å². The Morgan fingerprint density at radius 2 is 1.79 bits per heavy atom. The molecule has 124 valence electrons. The molecular formula is C19H21N3O2. The van der Waals surface area contributed by atoms with Crippen LogP contribution in [0.1, 0.15) is 34.8 Å². The number of nitrogens with one attached hydrogen (secondary N) is 1. The van der Waals surface area contributed by atoms with Gasteiger partial charge in [0.1, 0.15) is 0 Å². The van der Waals surface area contributed by atoms with Crippen LogP contribution in [-0.4, -0.2) is 24.9 Å². The average Bonchev–Trinajstić information content (AvgIpc) is 2.81.